The monoisotopic (exact) mass is 215 g/mol. The molecule has 1 aromatic rings. The first kappa shape index (κ1) is 9.27. The topological polar surface area (TPSA) is 49.3 Å². The van der Waals surface area contributed by atoms with Gasteiger partial charge in [0.25, 0.3) is 0 Å². The largest absolute Gasteiger partial charge is 0.480 e. The lowest BCUT2D eigenvalue weighted by Gasteiger charge is -2.03. The molecule has 1 heterocycles. The highest BCUT2D eigenvalue weighted by Crippen LogP contribution is 2.31. The van der Waals surface area contributed by atoms with E-state index in [1.165, 1.54) is 6.07 Å². The zero-order valence-corrected chi connectivity index (χ0v) is 7.81. The van der Waals surface area contributed by atoms with Crippen molar-refractivity contribution >= 4 is 23.3 Å². The van der Waals surface area contributed by atoms with Crippen molar-refractivity contribution in [1.82, 2.24) is 0 Å². The predicted molar refractivity (Wildman–Crippen MR) is 50.2 cm³/mol. The SMILES string of the molecule is O=C(O)C1Cc2c(ccc(Cl)c2F)N1. The van der Waals surface area contributed by atoms with Crippen molar-refractivity contribution < 1.29 is 14.3 Å². The highest BCUT2D eigenvalue weighted by Gasteiger charge is 2.29. The van der Waals surface area contributed by atoms with E-state index in [4.69, 9.17) is 16.7 Å². The molecule has 0 saturated carbocycles. The van der Waals surface area contributed by atoms with Gasteiger partial charge < -0.3 is 10.4 Å². The average molecular weight is 216 g/mol. The Morgan fingerprint density at radius 2 is 2.36 bits per heavy atom. The van der Waals surface area contributed by atoms with E-state index in [0.717, 1.165) is 0 Å². The molecule has 0 spiro atoms. The second-order valence-electron chi connectivity index (χ2n) is 3.13. The van der Waals surface area contributed by atoms with Gasteiger partial charge in [-0.1, -0.05) is 11.6 Å². The van der Waals surface area contributed by atoms with E-state index in [1.807, 2.05) is 0 Å². The smallest absolute Gasteiger partial charge is 0.326 e. The second-order valence-corrected chi connectivity index (χ2v) is 3.53. The van der Waals surface area contributed by atoms with E-state index < -0.39 is 17.8 Å². The quantitative estimate of drug-likeness (QED) is 0.752. The van der Waals surface area contributed by atoms with Crippen molar-refractivity contribution in [2.24, 2.45) is 0 Å². The number of aliphatic carboxylic acids is 1. The maximum atomic E-state index is 13.4. The van der Waals surface area contributed by atoms with Gasteiger partial charge in [-0.05, 0) is 12.1 Å². The third kappa shape index (κ3) is 1.32. The van der Waals surface area contributed by atoms with Crippen molar-refractivity contribution in [1.29, 1.82) is 0 Å². The van der Waals surface area contributed by atoms with Gasteiger partial charge in [-0.2, -0.15) is 0 Å². The molecule has 1 atom stereocenters. The molecule has 3 nitrogen and oxygen atoms in total. The summed E-state index contributed by atoms with van der Waals surface area (Å²) in [5.41, 5.74) is 0.865. The number of anilines is 1. The number of rotatable bonds is 1. The fourth-order valence-corrected chi connectivity index (χ4v) is 1.70. The Balaban J connectivity index is 2.40. The number of hydrogen-bond acceptors (Lipinski definition) is 2. The Kier molecular flexibility index (Phi) is 2.07. The van der Waals surface area contributed by atoms with Crippen LogP contribution >= 0.6 is 11.6 Å². The lowest BCUT2D eigenvalue weighted by Crippen LogP contribution is -2.26. The van der Waals surface area contributed by atoms with E-state index in [-0.39, 0.29) is 11.4 Å². The van der Waals surface area contributed by atoms with Crippen LogP contribution in [0.5, 0.6) is 0 Å². The average Bonchev–Trinajstić information content (AvgIpc) is 2.56. The standard InChI is InChI=1S/C9H7ClFNO2/c10-5-1-2-6-4(8(5)11)3-7(12-6)9(13)14/h1-2,7,12H,3H2,(H,13,14). The molecule has 0 aromatic heterocycles. The number of carboxylic acid groups (broad SMARTS) is 1. The summed E-state index contributed by atoms with van der Waals surface area (Å²) in [5.74, 6) is -1.52. The molecule has 14 heavy (non-hydrogen) atoms. The minimum Gasteiger partial charge on any atom is -0.480 e. The van der Waals surface area contributed by atoms with Crippen molar-refractivity contribution in [3.05, 3.63) is 28.5 Å². The summed E-state index contributed by atoms with van der Waals surface area (Å²) in [6, 6.07) is 2.24. The number of carbonyl (C=O) groups is 1. The van der Waals surface area contributed by atoms with Gasteiger partial charge in [0.15, 0.2) is 0 Å². The van der Waals surface area contributed by atoms with Crippen molar-refractivity contribution in [2.75, 3.05) is 5.32 Å². The van der Waals surface area contributed by atoms with E-state index in [0.29, 0.717) is 11.3 Å². The summed E-state index contributed by atoms with van der Waals surface area (Å²) in [7, 11) is 0. The summed E-state index contributed by atoms with van der Waals surface area (Å²) in [5, 5.41) is 11.5. The van der Waals surface area contributed by atoms with Gasteiger partial charge in [-0.3, -0.25) is 0 Å². The Hall–Kier alpha value is -1.29. The Morgan fingerprint density at radius 1 is 1.64 bits per heavy atom. The van der Waals surface area contributed by atoms with Crippen molar-refractivity contribution in [2.45, 2.75) is 12.5 Å². The normalized spacial score (nSPS) is 18.9. The maximum Gasteiger partial charge on any atom is 0.326 e. The van der Waals surface area contributed by atoms with Gasteiger partial charge in [-0.25, -0.2) is 9.18 Å². The molecular formula is C9H7ClFNO2. The zero-order chi connectivity index (χ0) is 10.3. The first-order valence-corrected chi connectivity index (χ1v) is 4.43. The van der Waals surface area contributed by atoms with Crippen LogP contribution in [0.25, 0.3) is 0 Å². The van der Waals surface area contributed by atoms with Crippen molar-refractivity contribution in [3.8, 4) is 0 Å². The number of halogens is 2. The third-order valence-corrected chi connectivity index (χ3v) is 2.52. The number of nitrogens with one attached hydrogen (secondary N) is 1. The Bertz CT molecular complexity index is 408. The minimum atomic E-state index is -0.989. The lowest BCUT2D eigenvalue weighted by molar-refractivity contribution is -0.137. The van der Waals surface area contributed by atoms with Gasteiger partial charge in [0.1, 0.15) is 11.9 Å². The fraction of sp³-hybridized carbons (Fsp3) is 0.222. The summed E-state index contributed by atoms with van der Waals surface area (Å²) in [6.07, 6.45) is 0.136. The molecule has 0 aliphatic carbocycles. The van der Waals surface area contributed by atoms with Gasteiger partial charge in [0.05, 0.1) is 5.02 Å². The summed E-state index contributed by atoms with van der Waals surface area (Å²) in [4.78, 5) is 10.6. The molecule has 0 bridgehead atoms. The predicted octanol–water partition coefficient (Wildman–Crippen LogP) is 1.90. The molecule has 5 heteroatoms. The van der Waals surface area contributed by atoms with Crippen LogP contribution in [0, 0.1) is 5.82 Å². The van der Waals surface area contributed by atoms with Crippen LogP contribution < -0.4 is 5.32 Å². The van der Waals surface area contributed by atoms with E-state index in [2.05, 4.69) is 5.32 Å². The maximum absolute atomic E-state index is 13.4. The molecule has 1 aromatic carbocycles. The van der Waals surface area contributed by atoms with Crippen LogP contribution in [0.3, 0.4) is 0 Å². The third-order valence-electron chi connectivity index (χ3n) is 2.23. The highest BCUT2D eigenvalue weighted by atomic mass is 35.5. The van der Waals surface area contributed by atoms with E-state index in [9.17, 15) is 9.18 Å². The molecule has 0 radical (unpaired) electrons. The Labute approximate surface area is 84.5 Å². The van der Waals surface area contributed by atoms with Crippen LogP contribution in [0.15, 0.2) is 12.1 Å². The van der Waals surface area contributed by atoms with Crippen LogP contribution in [-0.2, 0) is 11.2 Å². The first-order valence-electron chi connectivity index (χ1n) is 4.06. The molecule has 2 N–H and O–H groups in total. The molecular weight excluding hydrogens is 209 g/mol. The molecule has 0 fully saturated rings. The minimum absolute atomic E-state index is 0.0246. The molecule has 1 aliphatic rings. The van der Waals surface area contributed by atoms with Crippen LogP contribution in [0.4, 0.5) is 10.1 Å². The van der Waals surface area contributed by atoms with Gasteiger partial charge in [0, 0.05) is 17.7 Å². The van der Waals surface area contributed by atoms with Crippen LogP contribution in [-0.4, -0.2) is 17.1 Å². The van der Waals surface area contributed by atoms with Gasteiger partial charge in [-0.15, -0.1) is 0 Å². The van der Waals surface area contributed by atoms with Gasteiger partial charge >= 0.3 is 5.97 Å². The van der Waals surface area contributed by atoms with Crippen molar-refractivity contribution in [3.63, 3.8) is 0 Å². The zero-order valence-electron chi connectivity index (χ0n) is 7.05. The fourth-order valence-electron chi connectivity index (χ4n) is 1.52. The number of carboxylic acids is 1. The molecule has 2 rings (SSSR count). The highest BCUT2D eigenvalue weighted by molar-refractivity contribution is 6.30. The number of hydrogen-bond donors (Lipinski definition) is 2. The molecule has 74 valence electrons. The molecule has 0 saturated heterocycles. The lowest BCUT2D eigenvalue weighted by atomic mass is 10.1. The first-order chi connectivity index (χ1) is 6.59. The van der Waals surface area contributed by atoms with E-state index >= 15 is 0 Å². The summed E-state index contributed by atoms with van der Waals surface area (Å²) < 4.78 is 13.4. The Morgan fingerprint density at radius 3 is 3.00 bits per heavy atom. The number of fused-ring (bicyclic) bond motifs is 1. The molecule has 1 unspecified atom stereocenters. The molecule has 1 aliphatic heterocycles. The molecule has 0 amide bonds. The van der Waals surface area contributed by atoms with E-state index in [1.54, 1.807) is 6.07 Å². The second kappa shape index (κ2) is 3.13. The summed E-state index contributed by atoms with van der Waals surface area (Å²) in [6.45, 7) is 0. The van der Waals surface area contributed by atoms with Crippen LogP contribution in [0.2, 0.25) is 5.02 Å². The van der Waals surface area contributed by atoms with Crippen LogP contribution in [0.1, 0.15) is 5.56 Å². The van der Waals surface area contributed by atoms with Gasteiger partial charge in [0.2, 0.25) is 0 Å². The number of benzene rings is 1. The summed E-state index contributed by atoms with van der Waals surface area (Å²) >= 11 is 5.57.